The SMILES string of the molecule is CN(c1ccccc1)C(S)N(C)c1ccccc1. The smallest absolute Gasteiger partial charge is 0.147 e. The summed E-state index contributed by atoms with van der Waals surface area (Å²) in [6.07, 6.45) is 0. The van der Waals surface area contributed by atoms with Crippen molar-refractivity contribution >= 4 is 24.0 Å². The molecule has 2 aromatic rings. The second kappa shape index (κ2) is 5.83. The fraction of sp³-hybridized carbons (Fsp3) is 0.200. The Balaban J connectivity index is 2.14. The summed E-state index contributed by atoms with van der Waals surface area (Å²) in [5.41, 5.74) is 2.30. The van der Waals surface area contributed by atoms with Gasteiger partial charge in [-0.1, -0.05) is 36.4 Å². The van der Waals surface area contributed by atoms with E-state index in [1.807, 2.05) is 50.5 Å². The lowest BCUT2D eigenvalue weighted by atomic mass is 10.3. The Bertz CT molecular complexity index is 427. The van der Waals surface area contributed by atoms with E-state index in [-0.39, 0.29) is 5.50 Å². The molecule has 2 rings (SSSR count). The van der Waals surface area contributed by atoms with Gasteiger partial charge in [0.15, 0.2) is 0 Å². The minimum atomic E-state index is -0.00481. The van der Waals surface area contributed by atoms with Gasteiger partial charge in [0, 0.05) is 25.5 Å². The van der Waals surface area contributed by atoms with Crippen LogP contribution in [0.25, 0.3) is 0 Å². The van der Waals surface area contributed by atoms with Gasteiger partial charge < -0.3 is 9.80 Å². The van der Waals surface area contributed by atoms with Crippen LogP contribution in [-0.4, -0.2) is 19.6 Å². The molecule has 3 heteroatoms. The maximum Gasteiger partial charge on any atom is 0.147 e. The summed E-state index contributed by atoms with van der Waals surface area (Å²) >= 11 is 4.69. The van der Waals surface area contributed by atoms with Crippen molar-refractivity contribution in [3.05, 3.63) is 60.7 Å². The minimum Gasteiger partial charge on any atom is -0.346 e. The first-order chi connectivity index (χ1) is 8.70. The highest BCUT2D eigenvalue weighted by Gasteiger charge is 2.15. The molecule has 0 saturated carbocycles. The summed E-state index contributed by atoms with van der Waals surface area (Å²) in [4.78, 5) is 4.27. The van der Waals surface area contributed by atoms with Gasteiger partial charge in [0.25, 0.3) is 0 Å². The maximum atomic E-state index is 4.69. The van der Waals surface area contributed by atoms with Gasteiger partial charge in [0.2, 0.25) is 0 Å². The van der Waals surface area contributed by atoms with Crippen molar-refractivity contribution in [2.24, 2.45) is 0 Å². The zero-order valence-electron chi connectivity index (χ0n) is 10.7. The molecule has 94 valence electrons. The van der Waals surface area contributed by atoms with Crippen LogP contribution in [0.1, 0.15) is 0 Å². The van der Waals surface area contributed by atoms with Crippen molar-refractivity contribution in [3.63, 3.8) is 0 Å². The summed E-state index contributed by atoms with van der Waals surface area (Å²) < 4.78 is 0. The second-order valence-electron chi connectivity index (χ2n) is 4.24. The fourth-order valence-corrected chi connectivity index (χ4v) is 2.12. The van der Waals surface area contributed by atoms with Gasteiger partial charge in [-0.05, 0) is 24.3 Å². The highest BCUT2D eigenvalue weighted by atomic mass is 32.1. The van der Waals surface area contributed by atoms with Gasteiger partial charge in [0.1, 0.15) is 5.50 Å². The normalized spacial score (nSPS) is 10.4. The van der Waals surface area contributed by atoms with Crippen molar-refractivity contribution in [2.75, 3.05) is 23.9 Å². The second-order valence-corrected chi connectivity index (χ2v) is 4.70. The van der Waals surface area contributed by atoms with E-state index in [1.54, 1.807) is 0 Å². The van der Waals surface area contributed by atoms with Crippen molar-refractivity contribution in [1.29, 1.82) is 0 Å². The Morgan fingerprint density at radius 1 is 0.722 bits per heavy atom. The topological polar surface area (TPSA) is 6.48 Å². The van der Waals surface area contributed by atoms with Crippen LogP contribution in [0, 0.1) is 0 Å². The summed E-state index contributed by atoms with van der Waals surface area (Å²) in [6, 6.07) is 20.5. The molecule has 0 aliphatic rings. The van der Waals surface area contributed by atoms with Crippen molar-refractivity contribution in [2.45, 2.75) is 5.50 Å². The van der Waals surface area contributed by atoms with E-state index in [2.05, 4.69) is 34.1 Å². The molecular weight excluding hydrogens is 240 g/mol. The van der Waals surface area contributed by atoms with E-state index in [1.165, 1.54) is 0 Å². The molecule has 0 saturated heterocycles. The third-order valence-electron chi connectivity index (χ3n) is 3.02. The molecule has 2 nitrogen and oxygen atoms in total. The van der Waals surface area contributed by atoms with Gasteiger partial charge >= 0.3 is 0 Å². The van der Waals surface area contributed by atoms with E-state index in [0.717, 1.165) is 11.4 Å². The molecule has 0 N–H and O–H groups in total. The van der Waals surface area contributed by atoms with Crippen LogP contribution in [0.4, 0.5) is 11.4 Å². The van der Waals surface area contributed by atoms with E-state index in [0.29, 0.717) is 0 Å². The predicted molar refractivity (Wildman–Crippen MR) is 82.5 cm³/mol. The van der Waals surface area contributed by atoms with E-state index < -0.39 is 0 Å². The molecule has 0 unspecified atom stereocenters. The third-order valence-corrected chi connectivity index (χ3v) is 3.71. The maximum absolute atomic E-state index is 4.69. The van der Waals surface area contributed by atoms with Crippen LogP contribution >= 0.6 is 12.6 Å². The van der Waals surface area contributed by atoms with E-state index in [4.69, 9.17) is 12.6 Å². The molecule has 0 radical (unpaired) electrons. The number of thiol groups is 1. The Morgan fingerprint density at radius 2 is 1.06 bits per heavy atom. The first kappa shape index (κ1) is 12.8. The standard InChI is InChI=1S/C15H18N2S/c1-16(13-9-5-3-6-10-13)15(18)17(2)14-11-7-4-8-12-14/h3-12,15,18H,1-2H3. The van der Waals surface area contributed by atoms with Crippen LogP contribution in [0.2, 0.25) is 0 Å². The average Bonchev–Trinajstić information content (AvgIpc) is 2.47. The monoisotopic (exact) mass is 258 g/mol. The van der Waals surface area contributed by atoms with Crippen molar-refractivity contribution in [1.82, 2.24) is 0 Å². The molecule has 18 heavy (non-hydrogen) atoms. The first-order valence-electron chi connectivity index (χ1n) is 5.94. The van der Waals surface area contributed by atoms with E-state index >= 15 is 0 Å². The predicted octanol–water partition coefficient (Wildman–Crippen LogP) is 3.47. The molecule has 0 heterocycles. The van der Waals surface area contributed by atoms with Crippen molar-refractivity contribution < 1.29 is 0 Å². The summed E-state index contributed by atoms with van der Waals surface area (Å²) in [7, 11) is 4.10. The van der Waals surface area contributed by atoms with Gasteiger partial charge in [-0.15, -0.1) is 12.6 Å². The zero-order valence-corrected chi connectivity index (χ0v) is 11.6. The van der Waals surface area contributed by atoms with Crippen LogP contribution in [0.5, 0.6) is 0 Å². The Kier molecular flexibility index (Phi) is 4.15. The average molecular weight is 258 g/mol. The number of para-hydroxylation sites is 2. The molecule has 0 bridgehead atoms. The third kappa shape index (κ3) is 2.79. The van der Waals surface area contributed by atoms with Crippen LogP contribution in [0.15, 0.2) is 60.7 Å². The highest BCUT2D eigenvalue weighted by molar-refractivity contribution is 7.81. The fourth-order valence-electron chi connectivity index (χ4n) is 1.85. The highest BCUT2D eigenvalue weighted by Crippen LogP contribution is 2.22. The van der Waals surface area contributed by atoms with Gasteiger partial charge in [0.05, 0.1) is 0 Å². The Morgan fingerprint density at radius 3 is 1.39 bits per heavy atom. The number of benzene rings is 2. The number of nitrogens with zero attached hydrogens (tertiary/aromatic N) is 2. The molecule has 0 atom stereocenters. The first-order valence-corrected chi connectivity index (χ1v) is 6.45. The number of anilines is 2. The quantitative estimate of drug-likeness (QED) is 0.662. The molecule has 0 fully saturated rings. The number of hydrogen-bond donors (Lipinski definition) is 1. The molecule has 0 spiro atoms. The lowest BCUT2D eigenvalue weighted by molar-refractivity contribution is 0.806. The molecule has 0 aromatic heterocycles. The lowest BCUT2D eigenvalue weighted by Crippen LogP contribution is -2.41. The Hall–Kier alpha value is -1.61. The van der Waals surface area contributed by atoms with Gasteiger partial charge in [-0.3, -0.25) is 0 Å². The molecular formula is C15H18N2S. The van der Waals surface area contributed by atoms with Crippen LogP contribution < -0.4 is 9.80 Å². The lowest BCUT2D eigenvalue weighted by Gasteiger charge is -2.34. The van der Waals surface area contributed by atoms with Crippen LogP contribution in [-0.2, 0) is 0 Å². The largest absolute Gasteiger partial charge is 0.346 e. The number of hydrogen-bond acceptors (Lipinski definition) is 3. The van der Waals surface area contributed by atoms with Crippen molar-refractivity contribution in [3.8, 4) is 0 Å². The Labute approximate surface area is 114 Å². The zero-order chi connectivity index (χ0) is 13.0. The van der Waals surface area contributed by atoms with E-state index in [9.17, 15) is 0 Å². The van der Waals surface area contributed by atoms with Gasteiger partial charge in [-0.25, -0.2) is 0 Å². The molecule has 0 aliphatic carbocycles. The van der Waals surface area contributed by atoms with Gasteiger partial charge in [-0.2, -0.15) is 0 Å². The number of rotatable bonds is 4. The summed E-state index contributed by atoms with van der Waals surface area (Å²) in [5, 5.41) is 0. The van der Waals surface area contributed by atoms with Crippen LogP contribution in [0.3, 0.4) is 0 Å². The summed E-state index contributed by atoms with van der Waals surface area (Å²) in [5.74, 6) is 0. The molecule has 0 amide bonds. The minimum absolute atomic E-state index is 0.00481. The molecule has 2 aromatic carbocycles. The molecule has 0 aliphatic heterocycles. The summed E-state index contributed by atoms with van der Waals surface area (Å²) in [6.45, 7) is 0.